The molecule has 15 heavy (non-hydrogen) atoms. The maximum absolute atomic E-state index is 9.12. The van der Waals surface area contributed by atoms with Crippen molar-refractivity contribution in [2.75, 3.05) is 13.2 Å². The van der Waals surface area contributed by atoms with Gasteiger partial charge in [0.05, 0.1) is 0 Å². The Hall–Kier alpha value is -0.0800. The summed E-state index contributed by atoms with van der Waals surface area (Å²) in [5.41, 5.74) is 0.303. The molecular weight excluding hydrogens is 186 g/mol. The van der Waals surface area contributed by atoms with E-state index >= 15 is 0 Å². The zero-order chi connectivity index (χ0) is 11.7. The molecule has 0 aromatic carbocycles. The third-order valence-electron chi connectivity index (χ3n) is 3.89. The molecule has 0 atom stereocenters. The van der Waals surface area contributed by atoms with E-state index in [0.29, 0.717) is 18.1 Å². The third-order valence-corrected chi connectivity index (χ3v) is 3.89. The van der Waals surface area contributed by atoms with Crippen molar-refractivity contribution in [2.45, 2.75) is 65.8 Å². The summed E-state index contributed by atoms with van der Waals surface area (Å²) in [7, 11) is 0. The van der Waals surface area contributed by atoms with Crippen LogP contribution in [-0.2, 0) is 0 Å². The topological polar surface area (TPSA) is 32.3 Å². The first-order chi connectivity index (χ1) is 7.17. The third kappa shape index (κ3) is 4.98. The first kappa shape index (κ1) is 14.9. The summed E-state index contributed by atoms with van der Waals surface area (Å²) in [5, 5.41) is 12.8. The van der Waals surface area contributed by atoms with Crippen molar-refractivity contribution in [1.29, 1.82) is 0 Å². The lowest BCUT2D eigenvalue weighted by atomic mass is 9.79. The van der Waals surface area contributed by atoms with Crippen LogP contribution in [0.2, 0.25) is 0 Å². The monoisotopic (exact) mass is 215 g/mol. The first-order valence-electron chi connectivity index (χ1n) is 6.52. The van der Waals surface area contributed by atoms with Gasteiger partial charge in [0, 0.05) is 19.2 Å². The standard InChI is InChI=1S/C13H29NO/c1-5-12(6-2)14-11-13(7-3,8-4)9-10-15/h12,14-15H,5-11H2,1-4H3. The van der Waals surface area contributed by atoms with Gasteiger partial charge in [0.2, 0.25) is 0 Å². The molecule has 92 valence electrons. The van der Waals surface area contributed by atoms with Crippen LogP contribution in [0.25, 0.3) is 0 Å². The van der Waals surface area contributed by atoms with Gasteiger partial charge < -0.3 is 10.4 Å². The predicted molar refractivity (Wildman–Crippen MR) is 67.1 cm³/mol. The van der Waals surface area contributed by atoms with E-state index in [0.717, 1.165) is 25.8 Å². The molecule has 0 amide bonds. The molecule has 2 nitrogen and oxygen atoms in total. The van der Waals surface area contributed by atoms with Crippen LogP contribution in [0.1, 0.15) is 59.8 Å². The van der Waals surface area contributed by atoms with Crippen LogP contribution >= 0.6 is 0 Å². The van der Waals surface area contributed by atoms with E-state index in [1.54, 1.807) is 0 Å². The highest BCUT2D eigenvalue weighted by molar-refractivity contribution is 4.80. The molecular formula is C13H29NO. The van der Waals surface area contributed by atoms with E-state index in [1.165, 1.54) is 12.8 Å². The lowest BCUT2D eigenvalue weighted by molar-refractivity contribution is 0.158. The van der Waals surface area contributed by atoms with Crippen LogP contribution in [0.5, 0.6) is 0 Å². The number of rotatable bonds is 9. The molecule has 0 rings (SSSR count). The Balaban J connectivity index is 4.15. The lowest BCUT2D eigenvalue weighted by Gasteiger charge is -2.33. The second-order valence-electron chi connectivity index (χ2n) is 4.58. The first-order valence-corrected chi connectivity index (χ1v) is 6.52. The number of nitrogens with one attached hydrogen (secondary N) is 1. The molecule has 0 bridgehead atoms. The molecule has 0 aliphatic rings. The zero-order valence-electron chi connectivity index (χ0n) is 11.0. The van der Waals surface area contributed by atoms with Crippen molar-refractivity contribution in [3.8, 4) is 0 Å². The summed E-state index contributed by atoms with van der Waals surface area (Å²) < 4.78 is 0. The number of hydrogen-bond donors (Lipinski definition) is 2. The maximum Gasteiger partial charge on any atom is 0.0436 e. The van der Waals surface area contributed by atoms with Gasteiger partial charge in [-0.25, -0.2) is 0 Å². The molecule has 0 saturated heterocycles. The maximum atomic E-state index is 9.12. The van der Waals surface area contributed by atoms with Crippen molar-refractivity contribution in [3.63, 3.8) is 0 Å². The molecule has 0 aliphatic heterocycles. The van der Waals surface area contributed by atoms with Crippen LogP contribution in [-0.4, -0.2) is 24.3 Å². The van der Waals surface area contributed by atoms with Crippen molar-refractivity contribution in [2.24, 2.45) is 5.41 Å². The van der Waals surface area contributed by atoms with Gasteiger partial charge >= 0.3 is 0 Å². The normalized spacial score (nSPS) is 12.4. The van der Waals surface area contributed by atoms with Crippen LogP contribution in [0.15, 0.2) is 0 Å². The van der Waals surface area contributed by atoms with E-state index in [-0.39, 0.29) is 0 Å². The van der Waals surface area contributed by atoms with Gasteiger partial charge in [-0.3, -0.25) is 0 Å². The van der Waals surface area contributed by atoms with Crippen molar-refractivity contribution in [3.05, 3.63) is 0 Å². The van der Waals surface area contributed by atoms with Crippen molar-refractivity contribution in [1.82, 2.24) is 5.32 Å². The smallest absolute Gasteiger partial charge is 0.0436 e. The van der Waals surface area contributed by atoms with E-state index in [9.17, 15) is 0 Å². The Morgan fingerprint density at radius 2 is 1.60 bits per heavy atom. The molecule has 0 saturated carbocycles. The van der Waals surface area contributed by atoms with E-state index < -0.39 is 0 Å². The van der Waals surface area contributed by atoms with Crippen LogP contribution in [0, 0.1) is 5.41 Å². The number of aliphatic hydroxyl groups excluding tert-OH is 1. The molecule has 2 heteroatoms. The van der Waals surface area contributed by atoms with Crippen molar-refractivity contribution >= 4 is 0 Å². The fourth-order valence-corrected chi connectivity index (χ4v) is 2.12. The zero-order valence-corrected chi connectivity index (χ0v) is 11.0. The quantitative estimate of drug-likeness (QED) is 0.620. The van der Waals surface area contributed by atoms with E-state index in [2.05, 4.69) is 33.0 Å². The van der Waals surface area contributed by atoms with Crippen molar-refractivity contribution < 1.29 is 5.11 Å². The Kier molecular flexibility index (Phi) is 8.07. The minimum absolute atomic E-state index is 0.303. The molecule has 0 heterocycles. The number of aliphatic hydroxyl groups is 1. The molecule has 0 spiro atoms. The van der Waals surface area contributed by atoms with Gasteiger partial charge in [0.25, 0.3) is 0 Å². The van der Waals surface area contributed by atoms with E-state index in [1.807, 2.05) is 0 Å². The molecule has 2 N–H and O–H groups in total. The molecule has 0 aromatic rings. The lowest BCUT2D eigenvalue weighted by Crippen LogP contribution is -2.39. The van der Waals surface area contributed by atoms with Crippen LogP contribution < -0.4 is 5.32 Å². The molecule has 0 radical (unpaired) electrons. The highest BCUT2D eigenvalue weighted by Gasteiger charge is 2.25. The number of hydrogen-bond acceptors (Lipinski definition) is 2. The molecule has 0 aromatic heterocycles. The highest BCUT2D eigenvalue weighted by atomic mass is 16.3. The Bertz CT molecular complexity index is 139. The summed E-state index contributed by atoms with van der Waals surface area (Å²) >= 11 is 0. The largest absolute Gasteiger partial charge is 0.396 e. The van der Waals surface area contributed by atoms with Gasteiger partial charge in [-0.1, -0.05) is 27.7 Å². The van der Waals surface area contributed by atoms with Gasteiger partial charge in [-0.15, -0.1) is 0 Å². The summed E-state index contributed by atoms with van der Waals surface area (Å²) in [6.45, 7) is 10.3. The minimum atomic E-state index is 0.303. The summed E-state index contributed by atoms with van der Waals surface area (Å²) in [6.07, 6.45) is 5.61. The fraction of sp³-hybridized carbons (Fsp3) is 1.00. The fourth-order valence-electron chi connectivity index (χ4n) is 2.12. The van der Waals surface area contributed by atoms with Crippen LogP contribution in [0.4, 0.5) is 0 Å². The predicted octanol–water partition coefficient (Wildman–Crippen LogP) is 2.95. The summed E-state index contributed by atoms with van der Waals surface area (Å²) in [6, 6.07) is 0.640. The Morgan fingerprint density at radius 1 is 1.07 bits per heavy atom. The van der Waals surface area contributed by atoms with Gasteiger partial charge in [0.15, 0.2) is 0 Å². The van der Waals surface area contributed by atoms with Gasteiger partial charge in [-0.2, -0.15) is 0 Å². The molecule has 0 fully saturated rings. The highest BCUT2D eigenvalue weighted by Crippen LogP contribution is 2.29. The Labute approximate surface area is 95.5 Å². The minimum Gasteiger partial charge on any atom is -0.396 e. The second kappa shape index (κ2) is 8.12. The second-order valence-corrected chi connectivity index (χ2v) is 4.58. The summed E-state index contributed by atoms with van der Waals surface area (Å²) in [4.78, 5) is 0. The average molecular weight is 215 g/mol. The van der Waals surface area contributed by atoms with Gasteiger partial charge in [0.1, 0.15) is 0 Å². The summed E-state index contributed by atoms with van der Waals surface area (Å²) in [5.74, 6) is 0. The SMILES string of the molecule is CCC(CC)NCC(CC)(CC)CCO. The molecule has 0 unspecified atom stereocenters. The Morgan fingerprint density at radius 3 is 1.93 bits per heavy atom. The van der Waals surface area contributed by atoms with E-state index in [4.69, 9.17) is 5.11 Å². The van der Waals surface area contributed by atoms with Crippen LogP contribution in [0.3, 0.4) is 0 Å². The van der Waals surface area contributed by atoms with Gasteiger partial charge in [-0.05, 0) is 37.5 Å². The molecule has 0 aliphatic carbocycles. The average Bonchev–Trinajstić information content (AvgIpc) is 2.29.